The van der Waals surface area contributed by atoms with Crippen molar-refractivity contribution in [2.24, 2.45) is 0 Å². The molecule has 138 valence electrons. The van der Waals surface area contributed by atoms with Crippen LogP contribution in [0.15, 0.2) is 36.7 Å². The minimum atomic E-state index is -0.0820. The third-order valence-electron chi connectivity index (χ3n) is 4.74. The summed E-state index contributed by atoms with van der Waals surface area (Å²) in [5, 5.41) is 0. The summed E-state index contributed by atoms with van der Waals surface area (Å²) in [6, 6.07) is 7.96. The Morgan fingerprint density at radius 1 is 1.04 bits per heavy atom. The van der Waals surface area contributed by atoms with Crippen molar-refractivity contribution in [3.63, 3.8) is 0 Å². The van der Waals surface area contributed by atoms with E-state index in [1.54, 1.807) is 9.80 Å². The van der Waals surface area contributed by atoms with Crippen LogP contribution in [0.5, 0.6) is 0 Å². The summed E-state index contributed by atoms with van der Waals surface area (Å²) in [7, 11) is 0. The third-order valence-corrected chi connectivity index (χ3v) is 4.74. The second-order valence-corrected chi connectivity index (χ2v) is 8.10. The van der Waals surface area contributed by atoms with Crippen molar-refractivity contribution < 1.29 is 9.59 Å². The lowest BCUT2D eigenvalue weighted by molar-refractivity contribution is -0.120. The average Bonchev–Trinajstić information content (AvgIpc) is 3.03. The van der Waals surface area contributed by atoms with Crippen LogP contribution in [0, 0.1) is 13.8 Å². The lowest BCUT2D eigenvalue weighted by Crippen LogP contribution is -2.52. The SMILES string of the molecule is Cc1cc(C)cc(N2CCN(C(=O)c3ccn(C(C)(C)C)c3)CC2=O)c1. The van der Waals surface area contributed by atoms with Gasteiger partial charge in [0.1, 0.15) is 6.54 Å². The van der Waals surface area contributed by atoms with Crippen LogP contribution in [-0.2, 0) is 10.3 Å². The van der Waals surface area contributed by atoms with Gasteiger partial charge in [-0.3, -0.25) is 9.59 Å². The fraction of sp³-hybridized carbons (Fsp3) is 0.429. The summed E-state index contributed by atoms with van der Waals surface area (Å²) in [5.74, 6) is -0.119. The number of piperazine rings is 1. The molecule has 0 aliphatic carbocycles. The van der Waals surface area contributed by atoms with Crippen LogP contribution in [-0.4, -0.2) is 40.9 Å². The predicted octanol–water partition coefficient (Wildman–Crippen LogP) is 3.35. The number of hydrogen-bond acceptors (Lipinski definition) is 2. The number of benzene rings is 1. The third kappa shape index (κ3) is 3.66. The van der Waals surface area contributed by atoms with E-state index in [0.717, 1.165) is 16.8 Å². The van der Waals surface area contributed by atoms with E-state index in [1.165, 1.54) is 0 Å². The first-order chi connectivity index (χ1) is 12.1. The number of amides is 2. The number of aromatic nitrogens is 1. The molecule has 0 saturated carbocycles. The van der Waals surface area contributed by atoms with Gasteiger partial charge < -0.3 is 14.4 Å². The molecule has 2 heterocycles. The van der Waals surface area contributed by atoms with Crippen molar-refractivity contribution in [3.05, 3.63) is 53.3 Å². The summed E-state index contributed by atoms with van der Waals surface area (Å²) in [6.07, 6.45) is 3.78. The molecule has 1 aliphatic heterocycles. The molecule has 2 aromatic rings. The van der Waals surface area contributed by atoms with E-state index in [1.807, 2.05) is 49.0 Å². The summed E-state index contributed by atoms with van der Waals surface area (Å²) in [5.41, 5.74) is 3.74. The number of hydrogen-bond donors (Lipinski definition) is 0. The molecule has 1 aliphatic rings. The van der Waals surface area contributed by atoms with E-state index in [9.17, 15) is 9.59 Å². The molecule has 0 N–H and O–H groups in total. The van der Waals surface area contributed by atoms with Crippen molar-refractivity contribution in [2.75, 3.05) is 24.5 Å². The van der Waals surface area contributed by atoms with Crippen LogP contribution in [0.1, 0.15) is 42.3 Å². The number of rotatable bonds is 2. The van der Waals surface area contributed by atoms with Crippen LogP contribution < -0.4 is 4.90 Å². The fourth-order valence-electron chi connectivity index (χ4n) is 3.35. The Morgan fingerprint density at radius 3 is 2.23 bits per heavy atom. The zero-order valence-corrected chi connectivity index (χ0v) is 16.2. The second kappa shape index (κ2) is 6.63. The van der Waals surface area contributed by atoms with Gasteiger partial charge >= 0.3 is 0 Å². The van der Waals surface area contributed by atoms with E-state index in [0.29, 0.717) is 18.7 Å². The predicted molar refractivity (Wildman–Crippen MR) is 104 cm³/mol. The van der Waals surface area contributed by atoms with Crippen molar-refractivity contribution in [2.45, 2.75) is 40.2 Å². The standard InChI is InChI=1S/C21H27N3O2/c1-15-10-16(2)12-18(11-15)24-9-8-22(14-19(24)25)20(26)17-6-7-23(13-17)21(3,4)5/h6-7,10-13H,8-9,14H2,1-5H3. The second-order valence-electron chi connectivity index (χ2n) is 8.10. The van der Waals surface area contributed by atoms with Crippen LogP contribution in [0.4, 0.5) is 5.69 Å². The number of nitrogens with zero attached hydrogens (tertiary/aromatic N) is 3. The van der Waals surface area contributed by atoms with Crippen molar-refractivity contribution >= 4 is 17.5 Å². The van der Waals surface area contributed by atoms with E-state index in [-0.39, 0.29) is 23.9 Å². The number of aryl methyl sites for hydroxylation is 2. The normalized spacial score (nSPS) is 15.5. The summed E-state index contributed by atoms with van der Waals surface area (Å²) in [6.45, 7) is 11.5. The molecule has 3 rings (SSSR count). The highest BCUT2D eigenvalue weighted by atomic mass is 16.2. The number of anilines is 1. The lowest BCUT2D eigenvalue weighted by atomic mass is 10.1. The molecule has 5 nitrogen and oxygen atoms in total. The maximum atomic E-state index is 12.8. The van der Waals surface area contributed by atoms with Crippen LogP contribution >= 0.6 is 0 Å². The van der Waals surface area contributed by atoms with Crippen molar-refractivity contribution in [1.82, 2.24) is 9.47 Å². The monoisotopic (exact) mass is 353 g/mol. The summed E-state index contributed by atoms with van der Waals surface area (Å²) >= 11 is 0. The van der Waals surface area contributed by atoms with Gasteiger partial charge in [-0.05, 0) is 63.9 Å². The van der Waals surface area contributed by atoms with Gasteiger partial charge in [-0.15, -0.1) is 0 Å². The van der Waals surface area contributed by atoms with Gasteiger partial charge in [-0.1, -0.05) is 6.07 Å². The topological polar surface area (TPSA) is 45.5 Å². The molecule has 0 unspecified atom stereocenters. The highest BCUT2D eigenvalue weighted by Crippen LogP contribution is 2.22. The zero-order chi connectivity index (χ0) is 19.1. The maximum Gasteiger partial charge on any atom is 0.255 e. The smallest absolute Gasteiger partial charge is 0.255 e. The first kappa shape index (κ1) is 18.2. The Bertz CT molecular complexity index is 825. The van der Waals surface area contributed by atoms with Crippen LogP contribution in [0.3, 0.4) is 0 Å². The summed E-state index contributed by atoms with van der Waals surface area (Å²) < 4.78 is 2.02. The Labute approximate surface area is 155 Å². The minimum Gasteiger partial charge on any atom is -0.348 e. The Morgan fingerprint density at radius 2 is 1.69 bits per heavy atom. The average molecular weight is 353 g/mol. The van der Waals surface area contributed by atoms with Gasteiger partial charge in [0.25, 0.3) is 5.91 Å². The summed E-state index contributed by atoms with van der Waals surface area (Å²) in [4.78, 5) is 28.9. The zero-order valence-electron chi connectivity index (χ0n) is 16.2. The maximum absolute atomic E-state index is 12.8. The molecule has 1 saturated heterocycles. The Kier molecular flexibility index (Phi) is 4.65. The molecular formula is C21H27N3O2. The van der Waals surface area contributed by atoms with Gasteiger partial charge in [-0.2, -0.15) is 0 Å². The molecule has 1 aromatic heterocycles. The van der Waals surface area contributed by atoms with Crippen LogP contribution in [0.2, 0.25) is 0 Å². The van der Waals surface area contributed by atoms with E-state index in [2.05, 4.69) is 26.8 Å². The first-order valence-electron chi connectivity index (χ1n) is 9.01. The van der Waals surface area contributed by atoms with Crippen LogP contribution in [0.25, 0.3) is 0 Å². The largest absolute Gasteiger partial charge is 0.348 e. The molecule has 5 heteroatoms. The highest BCUT2D eigenvalue weighted by Gasteiger charge is 2.29. The Balaban J connectivity index is 1.73. The van der Waals surface area contributed by atoms with E-state index < -0.39 is 0 Å². The molecule has 2 amide bonds. The van der Waals surface area contributed by atoms with Gasteiger partial charge in [0.15, 0.2) is 0 Å². The van der Waals surface area contributed by atoms with Crippen molar-refractivity contribution in [3.8, 4) is 0 Å². The molecule has 0 atom stereocenters. The first-order valence-corrected chi connectivity index (χ1v) is 9.01. The van der Waals surface area contributed by atoms with E-state index in [4.69, 9.17) is 0 Å². The molecule has 1 aromatic carbocycles. The fourth-order valence-corrected chi connectivity index (χ4v) is 3.35. The molecule has 0 spiro atoms. The van der Waals surface area contributed by atoms with Gasteiger partial charge in [0.05, 0.1) is 5.56 Å². The molecule has 0 radical (unpaired) electrons. The number of carbonyl (C=O) groups excluding carboxylic acids is 2. The van der Waals surface area contributed by atoms with Gasteiger partial charge in [0, 0.05) is 36.7 Å². The highest BCUT2D eigenvalue weighted by molar-refractivity contribution is 6.01. The Hall–Kier alpha value is -2.56. The minimum absolute atomic E-state index is 0.0372. The molecule has 26 heavy (non-hydrogen) atoms. The van der Waals surface area contributed by atoms with Gasteiger partial charge in [0.2, 0.25) is 5.91 Å². The van der Waals surface area contributed by atoms with Gasteiger partial charge in [-0.25, -0.2) is 0 Å². The molecule has 0 bridgehead atoms. The number of carbonyl (C=O) groups is 2. The van der Waals surface area contributed by atoms with Crippen molar-refractivity contribution in [1.29, 1.82) is 0 Å². The molecule has 1 fully saturated rings. The lowest BCUT2D eigenvalue weighted by Gasteiger charge is -2.34. The molecular weight excluding hydrogens is 326 g/mol. The van der Waals surface area contributed by atoms with E-state index >= 15 is 0 Å². The quantitative estimate of drug-likeness (QED) is 0.831.